The molecule has 1 N–H and O–H groups in total. The average molecular weight is 496 g/mol. The van der Waals surface area contributed by atoms with Gasteiger partial charge >= 0.3 is 0 Å². The molecule has 1 aromatic carbocycles. The average Bonchev–Trinajstić information content (AvgIpc) is 3.84. The van der Waals surface area contributed by atoms with Crippen molar-refractivity contribution < 1.29 is 9.59 Å². The minimum atomic E-state index is -0.122. The van der Waals surface area contributed by atoms with Crippen molar-refractivity contribution in [3.8, 4) is 21.8 Å². The fraction of sp³-hybridized carbons (Fsp3) is 0.286. The van der Waals surface area contributed by atoms with Crippen LogP contribution in [-0.4, -0.2) is 38.9 Å². The van der Waals surface area contributed by atoms with Crippen molar-refractivity contribution in [3.63, 3.8) is 0 Å². The number of benzene rings is 1. The summed E-state index contributed by atoms with van der Waals surface area (Å²) in [4.78, 5) is 39.2. The summed E-state index contributed by atoms with van der Waals surface area (Å²) < 4.78 is 2.16. The molecule has 1 aliphatic heterocycles. The van der Waals surface area contributed by atoms with E-state index in [4.69, 9.17) is 4.98 Å². The van der Waals surface area contributed by atoms with E-state index in [9.17, 15) is 9.59 Å². The lowest BCUT2D eigenvalue weighted by Gasteiger charge is -2.23. The van der Waals surface area contributed by atoms with Crippen LogP contribution in [0, 0.1) is 0 Å². The molecule has 3 aliphatic rings. The van der Waals surface area contributed by atoms with Gasteiger partial charge in [-0.15, -0.1) is 11.3 Å². The van der Waals surface area contributed by atoms with Crippen LogP contribution in [0.15, 0.2) is 61.1 Å². The van der Waals surface area contributed by atoms with Crippen molar-refractivity contribution in [1.29, 1.82) is 0 Å². The summed E-state index contributed by atoms with van der Waals surface area (Å²) >= 11 is 1.51. The zero-order chi connectivity index (χ0) is 24.2. The number of imidazole rings is 1. The van der Waals surface area contributed by atoms with E-state index in [0.717, 1.165) is 63.6 Å². The van der Waals surface area contributed by atoms with Crippen LogP contribution in [0.1, 0.15) is 57.4 Å². The van der Waals surface area contributed by atoms with Gasteiger partial charge < -0.3 is 14.8 Å². The van der Waals surface area contributed by atoms with Gasteiger partial charge in [-0.2, -0.15) is 0 Å². The number of carbonyl (C=O) groups is 2. The quantitative estimate of drug-likeness (QED) is 0.418. The lowest BCUT2D eigenvalue weighted by molar-refractivity contribution is 0.0952. The monoisotopic (exact) mass is 495 g/mol. The Morgan fingerprint density at radius 1 is 1.03 bits per heavy atom. The Hall–Kier alpha value is -3.78. The zero-order valence-electron chi connectivity index (χ0n) is 19.7. The second-order valence-corrected chi connectivity index (χ2v) is 10.8. The highest BCUT2D eigenvalue weighted by molar-refractivity contribution is 7.17. The van der Waals surface area contributed by atoms with E-state index >= 15 is 0 Å². The molecule has 0 spiro atoms. The molecule has 2 amide bonds. The Balaban J connectivity index is 1.22. The minimum absolute atomic E-state index is 0.00689. The predicted molar refractivity (Wildman–Crippen MR) is 139 cm³/mol. The summed E-state index contributed by atoms with van der Waals surface area (Å²) in [5, 5.41) is 3.09. The van der Waals surface area contributed by atoms with Gasteiger partial charge in [0.1, 0.15) is 5.69 Å². The Kier molecular flexibility index (Phi) is 5.02. The van der Waals surface area contributed by atoms with E-state index in [0.29, 0.717) is 30.7 Å². The highest BCUT2D eigenvalue weighted by Crippen LogP contribution is 2.42. The molecule has 2 fully saturated rings. The SMILES string of the molecule is O=C(NC1CC1)c1cc2c(s1)-c1ccccc1N(C(=O)c1cccc(-c3cncn3C3CC3)n1)CC2. The van der Waals surface area contributed by atoms with Gasteiger partial charge in [0.25, 0.3) is 11.8 Å². The molecule has 0 unspecified atom stereocenters. The molecular weight excluding hydrogens is 470 g/mol. The van der Waals surface area contributed by atoms with Crippen molar-refractivity contribution in [1.82, 2.24) is 19.9 Å². The molecule has 2 aliphatic carbocycles. The fourth-order valence-electron chi connectivity index (χ4n) is 4.88. The van der Waals surface area contributed by atoms with Gasteiger partial charge in [-0.1, -0.05) is 24.3 Å². The molecule has 4 aromatic rings. The smallest absolute Gasteiger partial charge is 0.276 e. The molecule has 0 saturated heterocycles. The number of para-hydroxylation sites is 1. The van der Waals surface area contributed by atoms with Crippen LogP contribution in [0.3, 0.4) is 0 Å². The number of carbonyl (C=O) groups excluding carboxylic acids is 2. The largest absolute Gasteiger partial charge is 0.349 e. The molecule has 2 saturated carbocycles. The molecule has 7 nitrogen and oxygen atoms in total. The maximum Gasteiger partial charge on any atom is 0.276 e. The number of hydrogen-bond donors (Lipinski definition) is 1. The van der Waals surface area contributed by atoms with Gasteiger partial charge in [0, 0.05) is 29.1 Å². The molecule has 180 valence electrons. The second-order valence-electron chi connectivity index (χ2n) is 9.76. The number of anilines is 1. The van der Waals surface area contributed by atoms with Crippen LogP contribution in [0.2, 0.25) is 0 Å². The normalized spacial score (nSPS) is 16.7. The van der Waals surface area contributed by atoms with E-state index in [-0.39, 0.29) is 11.8 Å². The van der Waals surface area contributed by atoms with E-state index in [2.05, 4.69) is 14.9 Å². The van der Waals surface area contributed by atoms with Gasteiger partial charge in [0.2, 0.25) is 0 Å². The molecule has 0 bridgehead atoms. The van der Waals surface area contributed by atoms with Crippen molar-refractivity contribution in [2.24, 2.45) is 0 Å². The lowest BCUT2D eigenvalue weighted by Crippen LogP contribution is -2.33. The van der Waals surface area contributed by atoms with Gasteiger partial charge in [-0.3, -0.25) is 9.59 Å². The summed E-state index contributed by atoms with van der Waals surface area (Å²) in [5.41, 5.74) is 5.07. The summed E-state index contributed by atoms with van der Waals surface area (Å²) in [6.07, 6.45) is 8.79. The Bertz CT molecular complexity index is 1500. The number of nitrogens with zero attached hydrogens (tertiary/aromatic N) is 4. The summed E-state index contributed by atoms with van der Waals surface area (Å²) in [5.74, 6) is -0.115. The molecule has 0 radical (unpaired) electrons. The van der Waals surface area contributed by atoms with Gasteiger partial charge in [-0.25, -0.2) is 9.97 Å². The first-order valence-corrected chi connectivity index (χ1v) is 13.3. The number of hydrogen-bond acceptors (Lipinski definition) is 5. The van der Waals surface area contributed by atoms with Gasteiger partial charge in [0.15, 0.2) is 0 Å². The van der Waals surface area contributed by atoms with Gasteiger partial charge in [-0.05, 0) is 61.9 Å². The Morgan fingerprint density at radius 2 is 1.89 bits per heavy atom. The van der Waals surface area contributed by atoms with Crippen molar-refractivity contribution in [3.05, 3.63) is 77.2 Å². The maximum atomic E-state index is 13.8. The number of fused-ring (bicyclic) bond motifs is 3. The van der Waals surface area contributed by atoms with Crippen LogP contribution in [0.4, 0.5) is 5.69 Å². The third kappa shape index (κ3) is 3.82. The van der Waals surface area contributed by atoms with Crippen molar-refractivity contribution in [2.45, 2.75) is 44.2 Å². The number of aromatic nitrogens is 3. The molecule has 0 atom stereocenters. The maximum absolute atomic E-state index is 13.8. The zero-order valence-corrected chi connectivity index (χ0v) is 20.5. The first kappa shape index (κ1) is 21.5. The molecule has 36 heavy (non-hydrogen) atoms. The van der Waals surface area contributed by atoms with Crippen LogP contribution < -0.4 is 10.2 Å². The lowest BCUT2D eigenvalue weighted by atomic mass is 10.1. The van der Waals surface area contributed by atoms with E-state index in [1.807, 2.05) is 59.9 Å². The van der Waals surface area contributed by atoms with Gasteiger partial charge in [0.05, 0.1) is 34.5 Å². The van der Waals surface area contributed by atoms with Crippen LogP contribution in [-0.2, 0) is 6.42 Å². The second kappa shape index (κ2) is 8.41. The number of rotatable bonds is 5. The Morgan fingerprint density at radius 3 is 2.72 bits per heavy atom. The van der Waals surface area contributed by atoms with E-state index in [1.165, 1.54) is 11.3 Å². The number of thiophene rings is 1. The van der Waals surface area contributed by atoms with Crippen molar-refractivity contribution in [2.75, 3.05) is 11.4 Å². The number of nitrogens with one attached hydrogen (secondary N) is 1. The predicted octanol–water partition coefficient (Wildman–Crippen LogP) is 5.10. The highest BCUT2D eigenvalue weighted by atomic mass is 32.1. The van der Waals surface area contributed by atoms with Crippen LogP contribution in [0.5, 0.6) is 0 Å². The van der Waals surface area contributed by atoms with Crippen LogP contribution >= 0.6 is 11.3 Å². The molecule has 7 rings (SSSR count). The molecular formula is C28H25N5O2S. The molecule has 4 heterocycles. The topological polar surface area (TPSA) is 80.1 Å². The standard InChI is InChI=1S/C28H25N5O2S/c34-27(30-18-8-9-18)25-14-17-12-13-32(23-7-2-1-4-20(23)26(17)36-25)28(35)22-6-3-5-21(31-22)24-15-29-16-33(24)19-10-11-19/h1-7,14-16,18-19H,8-13H2,(H,30,34). The summed E-state index contributed by atoms with van der Waals surface area (Å²) in [7, 11) is 0. The third-order valence-corrected chi connectivity index (χ3v) is 8.28. The highest BCUT2D eigenvalue weighted by Gasteiger charge is 2.30. The van der Waals surface area contributed by atoms with E-state index < -0.39 is 0 Å². The van der Waals surface area contributed by atoms with E-state index in [1.54, 1.807) is 6.07 Å². The summed E-state index contributed by atoms with van der Waals surface area (Å²) in [6, 6.07) is 16.4. The molecule has 3 aromatic heterocycles. The number of pyridine rings is 1. The summed E-state index contributed by atoms with van der Waals surface area (Å²) in [6.45, 7) is 0.523. The van der Waals surface area contributed by atoms with Crippen molar-refractivity contribution >= 4 is 28.8 Å². The molecule has 8 heteroatoms. The minimum Gasteiger partial charge on any atom is -0.349 e. The first-order chi connectivity index (χ1) is 17.7. The number of amides is 2. The Labute approximate surface area is 212 Å². The fourth-order valence-corrected chi connectivity index (χ4v) is 6.03. The third-order valence-electron chi connectivity index (χ3n) is 7.07. The first-order valence-electron chi connectivity index (χ1n) is 12.5. The van der Waals surface area contributed by atoms with Crippen LogP contribution in [0.25, 0.3) is 21.8 Å².